The second kappa shape index (κ2) is 5.43. The van der Waals surface area contributed by atoms with E-state index in [1.54, 1.807) is 22.6 Å². The van der Waals surface area contributed by atoms with Gasteiger partial charge in [-0.05, 0) is 46.9 Å². The van der Waals surface area contributed by atoms with Crippen LogP contribution in [0, 0.1) is 3.57 Å². The maximum Gasteiger partial charge on any atom is 0.418 e. The number of benzene rings is 1. The van der Waals surface area contributed by atoms with Crippen LogP contribution in [0.2, 0.25) is 0 Å². The van der Waals surface area contributed by atoms with E-state index in [-0.39, 0.29) is 11.4 Å². The van der Waals surface area contributed by atoms with Gasteiger partial charge in [0, 0.05) is 16.8 Å². The standard InChI is InChI=1S/C12H9F3IN3O/c1-19-10(4-5-17-19)11(20)18-9-3-2-7(16)6-8(9)12(13,14)15/h2-6H,1H3,(H,18,20). The number of hydrogen-bond acceptors (Lipinski definition) is 2. The van der Waals surface area contributed by atoms with Crippen molar-refractivity contribution in [2.24, 2.45) is 7.05 Å². The molecule has 0 atom stereocenters. The summed E-state index contributed by atoms with van der Waals surface area (Å²) >= 11 is 1.78. The number of hydrogen-bond donors (Lipinski definition) is 1. The summed E-state index contributed by atoms with van der Waals surface area (Å²) in [6, 6.07) is 5.14. The van der Waals surface area contributed by atoms with Crippen molar-refractivity contribution in [3.05, 3.63) is 45.3 Å². The Morgan fingerprint density at radius 1 is 1.35 bits per heavy atom. The van der Waals surface area contributed by atoms with Crippen molar-refractivity contribution in [1.29, 1.82) is 0 Å². The quantitative estimate of drug-likeness (QED) is 0.794. The molecule has 1 amide bonds. The molecule has 1 aromatic heterocycles. The van der Waals surface area contributed by atoms with Gasteiger partial charge >= 0.3 is 6.18 Å². The van der Waals surface area contributed by atoms with Crippen molar-refractivity contribution in [2.75, 3.05) is 5.32 Å². The van der Waals surface area contributed by atoms with E-state index in [9.17, 15) is 18.0 Å². The Hall–Kier alpha value is -1.58. The molecular weight excluding hydrogens is 386 g/mol. The zero-order valence-electron chi connectivity index (χ0n) is 10.2. The lowest BCUT2D eigenvalue weighted by molar-refractivity contribution is -0.137. The molecule has 0 spiro atoms. The van der Waals surface area contributed by atoms with Gasteiger partial charge in [0.15, 0.2) is 0 Å². The fourth-order valence-electron chi connectivity index (χ4n) is 1.64. The molecule has 0 aliphatic heterocycles. The van der Waals surface area contributed by atoms with Crippen LogP contribution in [-0.4, -0.2) is 15.7 Å². The number of aromatic nitrogens is 2. The Balaban J connectivity index is 2.35. The first-order valence-corrected chi connectivity index (χ1v) is 6.53. The summed E-state index contributed by atoms with van der Waals surface area (Å²) in [4.78, 5) is 11.9. The topological polar surface area (TPSA) is 46.9 Å². The average molecular weight is 395 g/mol. The van der Waals surface area contributed by atoms with Gasteiger partial charge < -0.3 is 5.32 Å². The van der Waals surface area contributed by atoms with E-state index < -0.39 is 17.6 Å². The Morgan fingerprint density at radius 3 is 2.60 bits per heavy atom. The van der Waals surface area contributed by atoms with Gasteiger partial charge in [-0.15, -0.1) is 0 Å². The molecule has 2 aromatic rings. The first-order valence-electron chi connectivity index (χ1n) is 5.45. The lowest BCUT2D eigenvalue weighted by Crippen LogP contribution is -2.19. The molecule has 0 radical (unpaired) electrons. The highest BCUT2D eigenvalue weighted by molar-refractivity contribution is 14.1. The molecule has 0 bridgehead atoms. The summed E-state index contributed by atoms with van der Waals surface area (Å²) in [6.07, 6.45) is -3.14. The van der Waals surface area contributed by atoms with Crippen LogP contribution in [0.3, 0.4) is 0 Å². The van der Waals surface area contributed by atoms with Crippen molar-refractivity contribution < 1.29 is 18.0 Å². The number of amides is 1. The molecule has 2 rings (SSSR count). The van der Waals surface area contributed by atoms with Crippen LogP contribution < -0.4 is 5.32 Å². The summed E-state index contributed by atoms with van der Waals surface area (Å²) in [5.41, 5.74) is -0.972. The highest BCUT2D eigenvalue weighted by Gasteiger charge is 2.34. The van der Waals surface area contributed by atoms with Crippen LogP contribution in [0.25, 0.3) is 0 Å². The molecule has 4 nitrogen and oxygen atoms in total. The van der Waals surface area contributed by atoms with Gasteiger partial charge in [0.25, 0.3) is 5.91 Å². The Morgan fingerprint density at radius 2 is 2.05 bits per heavy atom. The third-order valence-electron chi connectivity index (χ3n) is 2.59. The zero-order valence-corrected chi connectivity index (χ0v) is 12.4. The van der Waals surface area contributed by atoms with Gasteiger partial charge in [-0.3, -0.25) is 9.48 Å². The van der Waals surface area contributed by atoms with Crippen LogP contribution in [-0.2, 0) is 13.2 Å². The predicted molar refractivity (Wildman–Crippen MR) is 75.3 cm³/mol. The molecular formula is C12H9F3IN3O. The summed E-state index contributed by atoms with van der Waals surface area (Å²) in [5, 5.41) is 6.06. The number of halogens is 4. The maximum atomic E-state index is 12.9. The van der Waals surface area contributed by atoms with Crippen molar-refractivity contribution >= 4 is 34.2 Å². The maximum absolute atomic E-state index is 12.9. The largest absolute Gasteiger partial charge is 0.418 e. The number of rotatable bonds is 2. The number of aryl methyl sites for hydroxylation is 1. The fraction of sp³-hybridized carbons (Fsp3) is 0.167. The van der Waals surface area contributed by atoms with Crippen molar-refractivity contribution in [3.8, 4) is 0 Å². The van der Waals surface area contributed by atoms with Crippen LogP contribution >= 0.6 is 22.6 Å². The second-order valence-electron chi connectivity index (χ2n) is 3.98. The average Bonchev–Trinajstić information content (AvgIpc) is 2.76. The monoisotopic (exact) mass is 395 g/mol. The lowest BCUT2D eigenvalue weighted by atomic mass is 10.1. The molecule has 0 aliphatic rings. The Bertz CT molecular complexity index is 652. The summed E-state index contributed by atoms with van der Waals surface area (Å²) in [7, 11) is 1.54. The van der Waals surface area contributed by atoms with E-state index in [1.165, 1.54) is 36.1 Å². The minimum atomic E-state index is -4.53. The summed E-state index contributed by atoms with van der Waals surface area (Å²) in [5.74, 6) is -0.642. The highest BCUT2D eigenvalue weighted by atomic mass is 127. The number of carbonyl (C=O) groups is 1. The molecule has 0 aliphatic carbocycles. The fourth-order valence-corrected chi connectivity index (χ4v) is 2.13. The van der Waals surface area contributed by atoms with Gasteiger partial charge in [0.2, 0.25) is 0 Å². The van der Waals surface area contributed by atoms with Crippen molar-refractivity contribution in [3.63, 3.8) is 0 Å². The SMILES string of the molecule is Cn1nccc1C(=O)Nc1ccc(I)cc1C(F)(F)F. The third-order valence-corrected chi connectivity index (χ3v) is 3.26. The van der Waals surface area contributed by atoms with Crippen LogP contribution in [0.15, 0.2) is 30.5 Å². The van der Waals surface area contributed by atoms with Crippen molar-refractivity contribution in [2.45, 2.75) is 6.18 Å². The molecule has 0 unspecified atom stereocenters. The minimum Gasteiger partial charge on any atom is -0.320 e. The molecule has 0 saturated carbocycles. The zero-order chi connectivity index (χ0) is 14.9. The normalized spacial score (nSPS) is 11.4. The van der Waals surface area contributed by atoms with Crippen molar-refractivity contribution in [1.82, 2.24) is 9.78 Å². The van der Waals surface area contributed by atoms with E-state index in [0.717, 1.165) is 6.07 Å². The van der Waals surface area contributed by atoms with Gasteiger partial charge in [-0.25, -0.2) is 0 Å². The smallest absolute Gasteiger partial charge is 0.320 e. The number of carbonyl (C=O) groups excluding carboxylic acids is 1. The summed E-state index contributed by atoms with van der Waals surface area (Å²) in [6.45, 7) is 0. The number of alkyl halides is 3. The number of nitrogens with zero attached hydrogens (tertiary/aromatic N) is 2. The molecule has 1 heterocycles. The first kappa shape index (κ1) is 14.8. The van der Waals surface area contributed by atoms with Gasteiger partial charge in [0.1, 0.15) is 5.69 Å². The van der Waals surface area contributed by atoms with Crippen LogP contribution in [0.4, 0.5) is 18.9 Å². The minimum absolute atomic E-state index is 0.177. The Kier molecular flexibility index (Phi) is 4.02. The number of anilines is 1. The molecule has 20 heavy (non-hydrogen) atoms. The highest BCUT2D eigenvalue weighted by Crippen LogP contribution is 2.35. The van der Waals surface area contributed by atoms with E-state index in [0.29, 0.717) is 3.57 Å². The van der Waals surface area contributed by atoms with E-state index in [4.69, 9.17) is 0 Å². The van der Waals surface area contributed by atoms with Gasteiger partial charge in [-0.2, -0.15) is 18.3 Å². The Labute approximate surface area is 126 Å². The van der Waals surface area contributed by atoms with E-state index >= 15 is 0 Å². The van der Waals surface area contributed by atoms with Gasteiger partial charge in [-0.1, -0.05) is 0 Å². The predicted octanol–water partition coefficient (Wildman–Crippen LogP) is 3.30. The number of nitrogens with one attached hydrogen (secondary N) is 1. The summed E-state index contributed by atoms with van der Waals surface area (Å²) < 4.78 is 40.5. The first-order chi connectivity index (χ1) is 9.29. The molecule has 8 heteroatoms. The molecule has 1 N–H and O–H groups in total. The molecule has 1 aromatic carbocycles. The van der Waals surface area contributed by atoms with Gasteiger partial charge in [0.05, 0.1) is 11.3 Å². The van der Waals surface area contributed by atoms with E-state index in [2.05, 4.69) is 10.4 Å². The van der Waals surface area contributed by atoms with Crippen LogP contribution in [0.1, 0.15) is 16.1 Å². The molecule has 106 valence electrons. The molecule has 0 saturated heterocycles. The lowest BCUT2D eigenvalue weighted by Gasteiger charge is -2.14. The van der Waals surface area contributed by atoms with Crippen LogP contribution in [0.5, 0.6) is 0 Å². The molecule has 0 fully saturated rings. The third kappa shape index (κ3) is 3.11. The van der Waals surface area contributed by atoms with E-state index in [1.807, 2.05) is 0 Å². The second-order valence-corrected chi connectivity index (χ2v) is 5.23.